The second-order valence-corrected chi connectivity index (χ2v) is 4.30. The molecular formula is C8H9N3O3S. The van der Waals surface area contributed by atoms with E-state index in [1.807, 2.05) is 0 Å². The Balaban J connectivity index is 3.20. The lowest BCUT2D eigenvalue weighted by molar-refractivity contribution is 0.416. The van der Waals surface area contributed by atoms with Crippen LogP contribution in [0.5, 0.6) is 5.75 Å². The highest BCUT2D eigenvalue weighted by Gasteiger charge is 2.14. The van der Waals surface area contributed by atoms with Crippen molar-refractivity contribution in [1.82, 2.24) is 4.72 Å². The Kier molecular flexibility index (Phi) is 3.01. The van der Waals surface area contributed by atoms with Gasteiger partial charge in [-0.05, 0) is 18.2 Å². The highest BCUT2D eigenvalue weighted by atomic mass is 32.2. The molecule has 1 aromatic rings. The highest BCUT2D eigenvalue weighted by molar-refractivity contribution is 7.89. The lowest BCUT2D eigenvalue weighted by Gasteiger charge is -2.06. The number of anilines is 1. The van der Waals surface area contributed by atoms with E-state index in [1.54, 1.807) is 4.72 Å². The number of nitrogens with zero attached hydrogens (tertiary/aromatic N) is 1. The summed E-state index contributed by atoms with van der Waals surface area (Å²) in [5.74, 6) is 0.380. The molecule has 0 aromatic heterocycles. The van der Waals surface area contributed by atoms with Crippen LogP contribution < -0.4 is 15.2 Å². The maximum Gasteiger partial charge on any atom is 0.270 e. The van der Waals surface area contributed by atoms with E-state index in [2.05, 4.69) is 0 Å². The molecule has 0 aliphatic heterocycles. The van der Waals surface area contributed by atoms with Crippen molar-refractivity contribution in [1.29, 1.82) is 5.26 Å². The van der Waals surface area contributed by atoms with Crippen molar-refractivity contribution in [2.24, 2.45) is 0 Å². The van der Waals surface area contributed by atoms with Crippen molar-refractivity contribution in [2.75, 3.05) is 12.8 Å². The predicted octanol–water partition coefficient (Wildman–Crippen LogP) is 0.0368. The van der Waals surface area contributed by atoms with Crippen molar-refractivity contribution in [3.05, 3.63) is 18.2 Å². The van der Waals surface area contributed by atoms with Crippen LogP contribution in [0.4, 0.5) is 5.69 Å². The van der Waals surface area contributed by atoms with Crippen LogP contribution in [0.15, 0.2) is 23.1 Å². The molecule has 1 rings (SSSR count). The first-order valence-electron chi connectivity index (χ1n) is 3.85. The number of ether oxygens (including phenoxy) is 1. The topological polar surface area (TPSA) is 105 Å². The van der Waals surface area contributed by atoms with Crippen LogP contribution in [0.25, 0.3) is 0 Å². The summed E-state index contributed by atoms with van der Waals surface area (Å²) in [6.07, 6.45) is 1.34. The van der Waals surface area contributed by atoms with Crippen LogP contribution in [-0.2, 0) is 10.0 Å². The van der Waals surface area contributed by atoms with Crippen LogP contribution in [0.3, 0.4) is 0 Å². The Morgan fingerprint density at radius 3 is 2.67 bits per heavy atom. The zero-order chi connectivity index (χ0) is 11.5. The van der Waals surface area contributed by atoms with Crippen LogP contribution in [0, 0.1) is 11.5 Å². The number of nitrogen functional groups attached to an aromatic ring is 1. The molecule has 0 spiro atoms. The predicted molar refractivity (Wildman–Crippen MR) is 53.3 cm³/mol. The van der Waals surface area contributed by atoms with Gasteiger partial charge in [0.15, 0.2) is 6.19 Å². The lowest BCUT2D eigenvalue weighted by atomic mass is 10.3. The molecule has 0 fully saturated rings. The summed E-state index contributed by atoms with van der Waals surface area (Å²) < 4.78 is 29.3. The average Bonchev–Trinajstić information content (AvgIpc) is 2.17. The van der Waals surface area contributed by atoms with E-state index in [0.717, 1.165) is 0 Å². The fourth-order valence-corrected chi connectivity index (χ4v) is 1.77. The van der Waals surface area contributed by atoms with Crippen LogP contribution >= 0.6 is 0 Å². The van der Waals surface area contributed by atoms with Gasteiger partial charge < -0.3 is 10.5 Å². The Bertz CT molecular complexity index is 504. The lowest BCUT2D eigenvalue weighted by Crippen LogP contribution is -2.18. The monoisotopic (exact) mass is 227 g/mol. The maximum absolute atomic E-state index is 11.4. The second kappa shape index (κ2) is 4.06. The van der Waals surface area contributed by atoms with Gasteiger partial charge in [-0.3, -0.25) is 0 Å². The number of nitriles is 1. The molecule has 3 N–H and O–H groups in total. The van der Waals surface area contributed by atoms with E-state index < -0.39 is 10.0 Å². The van der Waals surface area contributed by atoms with Gasteiger partial charge in [0.05, 0.1) is 17.7 Å². The zero-order valence-electron chi connectivity index (χ0n) is 7.89. The second-order valence-electron chi connectivity index (χ2n) is 2.62. The average molecular weight is 227 g/mol. The summed E-state index contributed by atoms with van der Waals surface area (Å²) in [5.41, 5.74) is 5.72. The smallest absolute Gasteiger partial charge is 0.270 e. The molecule has 80 valence electrons. The van der Waals surface area contributed by atoms with E-state index in [4.69, 9.17) is 15.7 Å². The molecule has 0 aliphatic carbocycles. The third-order valence-corrected chi connectivity index (χ3v) is 2.93. The van der Waals surface area contributed by atoms with E-state index in [-0.39, 0.29) is 10.6 Å². The molecule has 0 radical (unpaired) electrons. The molecule has 0 saturated carbocycles. The first-order chi connectivity index (χ1) is 7.01. The van der Waals surface area contributed by atoms with Gasteiger partial charge in [-0.25, -0.2) is 13.1 Å². The number of rotatable bonds is 3. The van der Waals surface area contributed by atoms with Crippen molar-refractivity contribution in [3.63, 3.8) is 0 Å². The van der Waals surface area contributed by atoms with Gasteiger partial charge in [-0.1, -0.05) is 0 Å². The molecule has 0 unspecified atom stereocenters. The number of hydrogen-bond donors (Lipinski definition) is 2. The van der Waals surface area contributed by atoms with Gasteiger partial charge in [0.1, 0.15) is 5.75 Å². The molecule has 0 bridgehead atoms. The number of sulfonamides is 1. The molecule has 0 aliphatic rings. The SMILES string of the molecule is COc1ccc(S(=O)(=O)NC#N)cc1N. The summed E-state index contributed by atoms with van der Waals surface area (Å²) >= 11 is 0. The molecule has 0 atom stereocenters. The zero-order valence-corrected chi connectivity index (χ0v) is 8.71. The summed E-state index contributed by atoms with van der Waals surface area (Å²) in [5, 5.41) is 8.24. The molecular weight excluding hydrogens is 218 g/mol. The number of methoxy groups -OCH3 is 1. The summed E-state index contributed by atoms with van der Waals surface area (Å²) in [7, 11) is -2.38. The molecule has 0 saturated heterocycles. The van der Waals surface area contributed by atoms with Crippen molar-refractivity contribution in [3.8, 4) is 11.9 Å². The van der Waals surface area contributed by atoms with Crippen molar-refractivity contribution in [2.45, 2.75) is 4.90 Å². The Morgan fingerprint density at radius 2 is 2.20 bits per heavy atom. The van der Waals surface area contributed by atoms with E-state index in [0.29, 0.717) is 5.75 Å². The van der Waals surface area contributed by atoms with Crippen molar-refractivity contribution >= 4 is 15.7 Å². The van der Waals surface area contributed by atoms with Crippen molar-refractivity contribution < 1.29 is 13.2 Å². The first-order valence-corrected chi connectivity index (χ1v) is 5.34. The van der Waals surface area contributed by atoms with Gasteiger partial charge in [-0.15, -0.1) is 0 Å². The number of hydrogen-bond acceptors (Lipinski definition) is 5. The molecule has 6 nitrogen and oxygen atoms in total. The Labute approximate surface area is 87.3 Å². The summed E-state index contributed by atoms with van der Waals surface area (Å²) in [4.78, 5) is -0.0812. The number of benzene rings is 1. The molecule has 15 heavy (non-hydrogen) atoms. The van der Waals surface area contributed by atoms with Gasteiger partial charge in [0.2, 0.25) is 0 Å². The van der Waals surface area contributed by atoms with Gasteiger partial charge >= 0.3 is 0 Å². The van der Waals surface area contributed by atoms with Gasteiger partial charge in [-0.2, -0.15) is 5.26 Å². The highest BCUT2D eigenvalue weighted by Crippen LogP contribution is 2.23. The first kappa shape index (κ1) is 11.1. The minimum absolute atomic E-state index is 0.0812. The molecule has 7 heteroatoms. The van der Waals surface area contributed by atoms with E-state index in [9.17, 15) is 8.42 Å². The minimum Gasteiger partial charge on any atom is -0.495 e. The molecule has 1 aromatic carbocycles. The van der Waals surface area contributed by atoms with E-state index in [1.165, 1.54) is 31.5 Å². The summed E-state index contributed by atoms with van der Waals surface area (Å²) in [6.45, 7) is 0. The fourth-order valence-electron chi connectivity index (χ4n) is 0.999. The molecule has 0 amide bonds. The Morgan fingerprint density at radius 1 is 1.53 bits per heavy atom. The standard InChI is InChI=1S/C8H9N3O3S/c1-14-8-3-2-6(4-7(8)10)15(12,13)11-5-9/h2-4,11H,10H2,1H3. The van der Waals surface area contributed by atoms with E-state index >= 15 is 0 Å². The largest absolute Gasteiger partial charge is 0.495 e. The normalized spacial score (nSPS) is 10.4. The third-order valence-electron chi connectivity index (χ3n) is 1.69. The van der Waals surface area contributed by atoms with Gasteiger partial charge in [0.25, 0.3) is 10.0 Å². The minimum atomic E-state index is -3.80. The fraction of sp³-hybridized carbons (Fsp3) is 0.125. The van der Waals surface area contributed by atoms with Crippen LogP contribution in [-0.4, -0.2) is 15.5 Å². The Hall–Kier alpha value is -1.94. The molecule has 0 heterocycles. The van der Waals surface area contributed by atoms with Crippen LogP contribution in [0.1, 0.15) is 0 Å². The maximum atomic E-state index is 11.4. The summed E-state index contributed by atoms with van der Waals surface area (Å²) in [6, 6.07) is 3.94. The third kappa shape index (κ3) is 2.30. The van der Waals surface area contributed by atoms with Crippen LogP contribution in [0.2, 0.25) is 0 Å². The number of nitrogens with one attached hydrogen (secondary N) is 1. The quantitative estimate of drug-likeness (QED) is 0.431. The number of nitrogens with two attached hydrogens (primary N) is 1. The van der Waals surface area contributed by atoms with Gasteiger partial charge in [0, 0.05) is 0 Å².